The molecule has 1 heterocycles. The largest absolute Gasteiger partial charge is 0.495 e. The van der Waals surface area contributed by atoms with Crippen molar-refractivity contribution in [3.63, 3.8) is 0 Å². The van der Waals surface area contributed by atoms with Gasteiger partial charge in [0.1, 0.15) is 17.3 Å². The molecular formula is C27H30N2O4. The van der Waals surface area contributed by atoms with Gasteiger partial charge in [-0.05, 0) is 56.0 Å². The summed E-state index contributed by atoms with van der Waals surface area (Å²) < 4.78 is 11.1. The minimum absolute atomic E-state index is 0.145. The number of ketones is 1. The average Bonchev–Trinajstić information content (AvgIpc) is 2.82. The number of aliphatic imine (C=N–C) groups is 1. The van der Waals surface area contributed by atoms with Crippen LogP contribution in [0.2, 0.25) is 0 Å². The van der Waals surface area contributed by atoms with Gasteiger partial charge in [-0.25, -0.2) is 0 Å². The van der Waals surface area contributed by atoms with Gasteiger partial charge in [0.05, 0.1) is 25.3 Å². The zero-order valence-electron chi connectivity index (χ0n) is 19.4. The molecule has 2 aromatic carbocycles. The maximum atomic E-state index is 13.6. The molecule has 1 saturated carbocycles. The first-order valence-electron chi connectivity index (χ1n) is 11.5. The lowest BCUT2D eigenvalue weighted by Gasteiger charge is -2.36. The van der Waals surface area contributed by atoms with Crippen LogP contribution in [0.4, 0.5) is 5.69 Å². The van der Waals surface area contributed by atoms with E-state index in [0.29, 0.717) is 35.7 Å². The first-order valence-corrected chi connectivity index (χ1v) is 11.5. The Morgan fingerprint density at radius 3 is 2.58 bits per heavy atom. The molecule has 0 bridgehead atoms. The van der Waals surface area contributed by atoms with E-state index >= 15 is 0 Å². The summed E-state index contributed by atoms with van der Waals surface area (Å²) in [6.07, 6.45) is 3.03. The zero-order valence-corrected chi connectivity index (χ0v) is 19.4. The predicted octanol–water partition coefficient (Wildman–Crippen LogP) is 5.30. The van der Waals surface area contributed by atoms with Crippen molar-refractivity contribution in [1.82, 2.24) is 0 Å². The molecule has 2 atom stereocenters. The molecule has 1 aliphatic heterocycles. The molecule has 33 heavy (non-hydrogen) atoms. The number of anilines is 1. The fourth-order valence-corrected chi connectivity index (χ4v) is 4.71. The summed E-state index contributed by atoms with van der Waals surface area (Å²) in [6.45, 7) is 4.56. The SMILES string of the molecule is CCCOc1ccc([C@H]2C(C(=O)Nc3ccccc3OC)=C(C)N=C3CCCC(=O)C32)cc1. The van der Waals surface area contributed by atoms with Crippen molar-refractivity contribution in [2.75, 3.05) is 19.0 Å². The Morgan fingerprint density at radius 1 is 1.09 bits per heavy atom. The van der Waals surface area contributed by atoms with Crippen LogP contribution >= 0.6 is 0 Å². The van der Waals surface area contributed by atoms with E-state index in [4.69, 9.17) is 14.5 Å². The summed E-state index contributed by atoms with van der Waals surface area (Å²) in [5, 5.41) is 2.98. The third kappa shape index (κ3) is 4.70. The van der Waals surface area contributed by atoms with E-state index in [1.54, 1.807) is 19.2 Å². The predicted molar refractivity (Wildman–Crippen MR) is 129 cm³/mol. The maximum absolute atomic E-state index is 13.6. The highest BCUT2D eigenvalue weighted by atomic mass is 16.5. The molecule has 1 aliphatic carbocycles. The quantitative estimate of drug-likeness (QED) is 0.626. The summed E-state index contributed by atoms with van der Waals surface area (Å²) >= 11 is 0. The molecule has 172 valence electrons. The maximum Gasteiger partial charge on any atom is 0.254 e. The second-order valence-corrected chi connectivity index (χ2v) is 8.45. The van der Waals surface area contributed by atoms with Gasteiger partial charge in [-0.15, -0.1) is 0 Å². The lowest BCUT2D eigenvalue weighted by molar-refractivity contribution is -0.122. The minimum atomic E-state index is -0.414. The standard InChI is InChI=1S/C27H30N2O4/c1-4-16-33-19-14-12-18(13-15-19)25-24(17(2)28-21-9-7-10-22(30)26(21)25)27(31)29-20-8-5-6-11-23(20)32-3/h5-6,8,11-15,25-26H,4,7,9-10,16H2,1-3H3,(H,29,31)/t25-,26?/m0/s1. The smallest absolute Gasteiger partial charge is 0.254 e. The van der Waals surface area contributed by atoms with Gasteiger partial charge in [0, 0.05) is 29.3 Å². The summed E-state index contributed by atoms with van der Waals surface area (Å²) in [4.78, 5) is 31.4. The first kappa shape index (κ1) is 22.8. The van der Waals surface area contributed by atoms with Crippen LogP contribution in [0.25, 0.3) is 0 Å². The molecule has 6 nitrogen and oxygen atoms in total. The first-order chi connectivity index (χ1) is 16.0. The molecule has 0 spiro atoms. The number of fused-ring (bicyclic) bond motifs is 1. The number of hydrogen-bond acceptors (Lipinski definition) is 5. The lowest BCUT2D eigenvalue weighted by atomic mass is 9.69. The zero-order chi connectivity index (χ0) is 23.4. The number of hydrogen-bond donors (Lipinski definition) is 1. The molecule has 0 radical (unpaired) electrons. The number of methoxy groups -OCH3 is 1. The Hall–Kier alpha value is -3.41. The molecule has 1 fully saturated rings. The summed E-state index contributed by atoms with van der Waals surface area (Å²) in [6, 6.07) is 15.0. The molecule has 1 amide bonds. The van der Waals surface area contributed by atoms with Crippen molar-refractivity contribution < 1.29 is 19.1 Å². The number of carbonyl (C=O) groups is 2. The van der Waals surface area contributed by atoms with Gasteiger partial charge in [-0.1, -0.05) is 31.2 Å². The van der Waals surface area contributed by atoms with Gasteiger partial charge in [0.25, 0.3) is 5.91 Å². The number of carbonyl (C=O) groups excluding carboxylic acids is 2. The third-order valence-corrected chi connectivity index (χ3v) is 6.22. The third-order valence-electron chi connectivity index (χ3n) is 6.22. The Bertz CT molecular complexity index is 1100. The van der Waals surface area contributed by atoms with Crippen LogP contribution in [0.15, 0.2) is 64.8 Å². The molecular weight excluding hydrogens is 416 g/mol. The number of para-hydroxylation sites is 2. The van der Waals surface area contributed by atoms with Crippen LogP contribution in [0.1, 0.15) is 51.0 Å². The highest BCUT2D eigenvalue weighted by Crippen LogP contribution is 2.43. The molecule has 6 heteroatoms. The van der Waals surface area contributed by atoms with Crippen molar-refractivity contribution >= 4 is 23.1 Å². The number of nitrogens with one attached hydrogen (secondary N) is 1. The van der Waals surface area contributed by atoms with Gasteiger partial charge >= 0.3 is 0 Å². The van der Waals surface area contributed by atoms with E-state index < -0.39 is 5.92 Å². The van der Waals surface area contributed by atoms with Crippen molar-refractivity contribution in [2.24, 2.45) is 10.9 Å². The topological polar surface area (TPSA) is 77.0 Å². The summed E-state index contributed by atoms with van der Waals surface area (Å²) in [5.74, 6) is 0.428. The molecule has 0 aromatic heterocycles. The van der Waals surface area contributed by atoms with Crippen LogP contribution in [0.5, 0.6) is 11.5 Å². The second-order valence-electron chi connectivity index (χ2n) is 8.45. The van der Waals surface area contributed by atoms with Crippen LogP contribution in [0, 0.1) is 5.92 Å². The summed E-state index contributed by atoms with van der Waals surface area (Å²) in [5.41, 5.74) is 3.55. The van der Waals surface area contributed by atoms with Crippen molar-refractivity contribution in [2.45, 2.75) is 45.4 Å². The van der Waals surface area contributed by atoms with Crippen LogP contribution in [0.3, 0.4) is 0 Å². The van der Waals surface area contributed by atoms with Gasteiger partial charge < -0.3 is 14.8 Å². The Kier molecular flexibility index (Phi) is 6.92. The lowest BCUT2D eigenvalue weighted by Crippen LogP contribution is -2.39. The molecule has 4 rings (SSSR count). The van der Waals surface area contributed by atoms with E-state index in [2.05, 4.69) is 12.2 Å². The highest BCUT2D eigenvalue weighted by molar-refractivity contribution is 6.14. The van der Waals surface area contributed by atoms with Crippen molar-refractivity contribution in [3.8, 4) is 11.5 Å². The van der Waals surface area contributed by atoms with Crippen LogP contribution in [-0.2, 0) is 9.59 Å². The molecule has 1 N–H and O–H groups in total. The number of ether oxygens (including phenoxy) is 2. The van der Waals surface area contributed by atoms with Gasteiger partial charge in [0.15, 0.2) is 0 Å². The summed E-state index contributed by atoms with van der Waals surface area (Å²) in [7, 11) is 1.57. The molecule has 2 aliphatic rings. The number of Topliss-reactive ketones (excluding diaryl/α,β-unsaturated/α-hetero) is 1. The van der Waals surface area contributed by atoms with Crippen LogP contribution < -0.4 is 14.8 Å². The number of amides is 1. The Balaban J connectivity index is 1.74. The van der Waals surface area contributed by atoms with E-state index in [1.165, 1.54) is 0 Å². The Labute approximate surface area is 194 Å². The number of allylic oxidation sites excluding steroid dienone is 1. The van der Waals surface area contributed by atoms with Gasteiger partial charge in [0.2, 0.25) is 0 Å². The molecule has 2 aromatic rings. The average molecular weight is 447 g/mol. The fraction of sp³-hybridized carbons (Fsp3) is 0.370. The Morgan fingerprint density at radius 2 is 1.85 bits per heavy atom. The van der Waals surface area contributed by atoms with Crippen LogP contribution in [-0.4, -0.2) is 31.1 Å². The van der Waals surface area contributed by atoms with E-state index in [1.807, 2.05) is 43.3 Å². The van der Waals surface area contributed by atoms with Gasteiger partial charge in [-0.2, -0.15) is 0 Å². The van der Waals surface area contributed by atoms with E-state index in [0.717, 1.165) is 36.3 Å². The number of nitrogens with zero attached hydrogens (tertiary/aromatic N) is 1. The monoisotopic (exact) mass is 446 g/mol. The van der Waals surface area contributed by atoms with Crippen molar-refractivity contribution in [1.29, 1.82) is 0 Å². The van der Waals surface area contributed by atoms with E-state index in [-0.39, 0.29) is 17.6 Å². The van der Waals surface area contributed by atoms with E-state index in [9.17, 15) is 9.59 Å². The van der Waals surface area contributed by atoms with Crippen molar-refractivity contribution in [3.05, 3.63) is 65.4 Å². The van der Waals surface area contributed by atoms with Gasteiger partial charge in [-0.3, -0.25) is 14.6 Å². The molecule has 1 unspecified atom stereocenters. The number of benzene rings is 2. The number of rotatable bonds is 7. The minimum Gasteiger partial charge on any atom is -0.495 e. The highest BCUT2D eigenvalue weighted by Gasteiger charge is 2.43. The second kappa shape index (κ2) is 10.0. The fourth-order valence-electron chi connectivity index (χ4n) is 4.71. The normalized spacial score (nSPS) is 20.1. The molecule has 0 saturated heterocycles.